The fraction of sp³-hybridized carbons (Fsp3) is 0.348. The first-order valence-corrected chi connectivity index (χ1v) is 13.0. The molecule has 0 fully saturated rings. The minimum absolute atomic E-state index is 0.799. The van der Waals surface area contributed by atoms with E-state index in [9.17, 15) is 0 Å². The van der Waals surface area contributed by atoms with Crippen molar-refractivity contribution in [1.82, 2.24) is 19.7 Å². The predicted molar refractivity (Wildman–Crippen MR) is 130 cm³/mol. The first-order valence-electron chi connectivity index (χ1n) is 10.3. The van der Waals surface area contributed by atoms with E-state index in [2.05, 4.69) is 77.5 Å². The van der Waals surface area contributed by atoms with Crippen molar-refractivity contribution in [2.45, 2.75) is 58.0 Å². The molecule has 0 saturated heterocycles. The van der Waals surface area contributed by atoms with Crippen molar-refractivity contribution >= 4 is 34.4 Å². The molecule has 0 unspecified atom stereocenters. The summed E-state index contributed by atoms with van der Waals surface area (Å²) in [6.45, 7) is 9.66. The second-order valence-corrected chi connectivity index (χ2v) is 10.1. The zero-order chi connectivity index (χ0) is 21.1. The van der Waals surface area contributed by atoms with Crippen LogP contribution in [0.25, 0.3) is 22.0 Å². The third kappa shape index (κ3) is 4.24. The molecule has 3 heterocycles. The van der Waals surface area contributed by atoms with Crippen molar-refractivity contribution in [3.8, 4) is 22.0 Å². The molecule has 0 bridgehead atoms. The van der Waals surface area contributed by atoms with E-state index in [0.29, 0.717) is 0 Å². The monoisotopic (exact) mass is 454 g/mol. The van der Waals surface area contributed by atoms with Crippen LogP contribution < -0.4 is 0 Å². The summed E-state index contributed by atoms with van der Waals surface area (Å²) in [5, 5.41) is 15.6. The molecule has 0 saturated carbocycles. The van der Waals surface area contributed by atoms with Gasteiger partial charge in [0, 0.05) is 39.1 Å². The van der Waals surface area contributed by atoms with Gasteiger partial charge in [-0.05, 0) is 37.8 Å². The topological polar surface area (TPSA) is 43.6 Å². The van der Waals surface area contributed by atoms with Gasteiger partial charge in [-0.25, -0.2) is 4.98 Å². The number of benzene rings is 1. The second-order valence-electron chi connectivity index (χ2n) is 7.24. The number of aromatic nitrogens is 4. The van der Waals surface area contributed by atoms with Crippen molar-refractivity contribution in [3.05, 3.63) is 56.7 Å². The number of thiazole rings is 1. The van der Waals surface area contributed by atoms with Gasteiger partial charge in [0.05, 0.1) is 5.69 Å². The quantitative estimate of drug-likeness (QED) is 0.269. The molecule has 0 spiro atoms. The molecular formula is C23H26N4S3. The smallest absolute Gasteiger partial charge is 0.191 e. The van der Waals surface area contributed by atoms with Crippen molar-refractivity contribution in [1.29, 1.82) is 0 Å². The molecule has 0 amide bonds. The van der Waals surface area contributed by atoms with Gasteiger partial charge in [-0.15, -0.1) is 32.9 Å². The number of thiophene rings is 1. The molecular weight excluding hydrogens is 428 g/mol. The van der Waals surface area contributed by atoms with Crippen molar-refractivity contribution in [3.63, 3.8) is 0 Å². The maximum Gasteiger partial charge on any atom is 0.191 e. The molecule has 0 N–H and O–H groups in total. The number of aryl methyl sites for hydroxylation is 2. The minimum Gasteiger partial charge on any atom is -0.302 e. The Bertz CT molecular complexity index is 1140. The van der Waals surface area contributed by atoms with Gasteiger partial charge >= 0.3 is 0 Å². The normalized spacial score (nSPS) is 11.3. The number of nitrogens with zero attached hydrogens (tertiary/aromatic N) is 4. The van der Waals surface area contributed by atoms with Gasteiger partial charge in [0.25, 0.3) is 0 Å². The van der Waals surface area contributed by atoms with E-state index in [1.165, 1.54) is 27.1 Å². The lowest BCUT2D eigenvalue weighted by atomic mass is 10.1. The third-order valence-corrected chi connectivity index (χ3v) is 8.02. The summed E-state index contributed by atoms with van der Waals surface area (Å²) < 4.78 is 2.28. The van der Waals surface area contributed by atoms with Crippen LogP contribution in [0.2, 0.25) is 0 Å². The average molecular weight is 455 g/mol. The van der Waals surface area contributed by atoms with E-state index in [1.54, 1.807) is 34.4 Å². The Labute approximate surface area is 190 Å². The van der Waals surface area contributed by atoms with Crippen molar-refractivity contribution in [2.24, 2.45) is 0 Å². The lowest BCUT2D eigenvalue weighted by Crippen LogP contribution is -2.02. The maximum absolute atomic E-state index is 4.87. The van der Waals surface area contributed by atoms with Gasteiger partial charge < -0.3 is 4.57 Å². The SMILES string of the molecule is CCCn1c(SCc2csc(-c3ccccc3C)n2)nnc1-c1csc(C)c1CC. The van der Waals surface area contributed by atoms with Crippen LogP contribution in [0.3, 0.4) is 0 Å². The van der Waals surface area contributed by atoms with Crippen LogP contribution in [0.15, 0.2) is 40.2 Å². The molecule has 3 aromatic heterocycles. The lowest BCUT2D eigenvalue weighted by molar-refractivity contribution is 0.626. The first-order chi connectivity index (χ1) is 14.6. The molecule has 30 heavy (non-hydrogen) atoms. The van der Waals surface area contributed by atoms with E-state index in [0.717, 1.165) is 46.8 Å². The van der Waals surface area contributed by atoms with Gasteiger partial charge in [0.1, 0.15) is 5.01 Å². The van der Waals surface area contributed by atoms with Crippen LogP contribution >= 0.6 is 34.4 Å². The fourth-order valence-corrected chi connectivity index (χ4v) is 6.39. The van der Waals surface area contributed by atoms with Crippen LogP contribution in [0.5, 0.6) is 0 Å². The van der Waals surface area contributed by atoms with Crippen LogP contribution in [0, 0.1) is 13.8 Å². The van der Waals surface area contributed by atoms with Crippen molar-refractivity contribution in [2.75, 3.05) is 0 Å². The van der Waals surface area contributed by atoms with Crippen LogP contribution in [-0.2, 0) is 18.7 Å². The fourth-order valence-electron chi connectivity index (χ4n) is 3.57. The Kier molecular flexibility index (Phi) is 6.71. The Morgan fingerprint density at radius 3 is 2.60 bits per heavy atom. The number of hydrogen-bond acceptors (Lipinski definition) is 6. The standard InChI is InChI=1S/C23H26N4S3/c1-5-11-27-21(20-14-28-16(4)18(20)6-2)25-26-23(27)30-13-17-12-29-22(24-17)19-10-8-7-9-15(19)3/h7-10,12,14H,5-6,11,13H2,1-4H3. The summed E-state index contributed by atoms with van der Waals surface area (Å²) in [7, 11) is 0. The average Bonchev–Trinajstić information content (AvgIpc) is 3.46. The Balaban J connectivity index is 1.56. The molecule has 0 radical (unpaired) electrons. The van der Waals surface area contributed by atoms with Gasteiger partial charge in [-0.1, -0.05) is 49.9 Å². The van der Waals surface area contributed by atoms with E-state index in [1.807, 2.05) is 0 Å². The molecule has 0 aliphatic rings. The molecule has 1 aromatic carbocycles. The highest BCUT2D eigenvalue weighted by molar-refractivity contribution is 7.98. The summed E-state index contributed by atoms with van der Waals surface area (Å²) in [5.41, 5.74) is 6.20. The Morgan fingerprint density at radius 2 is 1.83 bits per heavy atom. The molecule has 156 valence electrons. The Hall–Kier alpha value is -1.96. The van der Waals surface area contributed by atoms with Crippen LogP contribution in [0.1, 0.15) is 42.0 Å². The molecule has 0 atom stereocenters. The minimum atomic E-state index is 0.799. The van der Waals surface area contributed by atoms with E-state index in [-0.39, 0.29) is 0 Å². The molecule has 0 aliphatic heterocycles. The van der Waals surface area contributed by atoms with Crippen molar-refractivity contribution < 1.29 is 0 Å². The zero-order valence-electron chi connectivity index (χ0n) is 17.8. The number of thioether (sulfide) groups is 1. The summed E-state index contributed by atoms with van der Waals surface area (Å²) in [6, 6.07) is 8.42. The van der Waals surface area contributed by atoms with Gasteiger partial charge in [0.2, 0.25) is 0 Å². The summed E-state index contributed by atoms with van der Waals surface area (Å²) in [6.07, 6.45) is 2.07. The highest BCUT2D eigenvalue weighted by atomic mass is 32.2. The zero-order valence-corrected chi connectivity index (χ0v) is 20.3. The van der Waals surface area contributed by atoms with Gasteiger partial charge in [-0.2, -0.15) is 0 Å². The molecule has 7 heteroatoms. The molecule has 4 aromatic rings. The van der Waals surface area contributed by atoms with E-state index < -0.39 is 0 Å². The summed E-state index contributed by atoms with van der Waals surface area (Å²) in [5.74, 6) is 1.80. The number of rotatable bonds is 8. The molecule has 0 aliphatic carbocycles. The molecule has 4 nitrogen and oxygen atoms in total. The van der Waals surface area contributed by atoms with Gasteiger partial charge in [0.15, 0.2) is 11.0 Å². The second kappa shape index (κ2) is 9.45. The van der Waals surface area contributed by atoms with E-state index in [4.69, 9.17) is 4.98 Å². The van der Waals surface area contributed by atoms with Crippen LogP contribution in [-0.4, -0.2) is 19.7 Å². The predicted octanol–water partition coefficient (Wildman–Crippen LogP) is 7.01. The first kappa shape index (κ1) is 21.3. The summed E-state index contributed by atoms with van der Waals surface area (Å²) in [4.78, 5) is 6.24. The Morgan fingerprint density at radius 1 is 1.00 bits per heavy atom. The van der Waals surface area contributed by atoms with Crippen LogP contribution in [0.4, 0.5) is 0 Å². The van der Waals surface area contributed by atoms with E-state index >= 15 is 0 Å². The third-order valence-electron chi connectivity index (χ3n) is 5.14. The number of hydrogen-bond donors (Lipinski definition) is 0. The maximum atomic E-state index is 4.87. The van der Waals surface area contributed by atoms with Gasteiger partial charge in [-0.3, -0.25) is 0 Å². The molecule has 4 rings (SSSR count). The lowest BCUT2D eigenvalue weighted by Gasteiger charge is -2.09. The highest BCUT2D eigenvalue weighted by Crippen LogP contribution is 2.34. The summed E-state index contributed by atoms with van der Waals surface area (Å²) >= 11 is 5.24. The largest absolute Gasteiger partial charge is 0.302 e. The highest BCUT2D eigenvalue weighted by Gasteiger charge is 2.19.